The molecule has 0 aliphatic carbocycles. The van der Waals surface area contributed by atoms with Crippen LogP contribution in [0.1, 0.15) is 22.7 Å². The van der Waals surface area contributed by atoms with E-state index in [1.165, 1.54) is 12.1 Å². The summed E-state index contributed by atoms with van der Waals surface area (Å²) in [6.07, 6.45) is -5.00. The van der Waals surface area contributed by atoms with Gasteiger partial charge in [-0.1, -0.05) is 6.07 Å². The number of rotatable bonds is 2. The van der Waals surface area contributed by atoms with Gasteiger partial charge in [-0.25, -0.2) is 8.78 Å². The molecule has 4 rings (SSSR count). The fraction of sp³-hybridized carbons (Fsp3) is 0.136. The summed E-state index contributed by atoms with van der Waals surface area (Å²) in [6, 6.07) is 10.2. The summed E-state index contributed by atoms with van der Waals surface area (Å²) in [5.41, 5.74) is -1.95. The quantitative estimate of drug-likeness (QED) is 0.541. The number of fused-ring (bicyclic) bond motifs is 1. The van der Waals surface area contributed by atoms with Crippen LogP contribution >= 0.6 is 0 Å². The molecular formula is C22H12F5N5. The zero-order valence-electron chi connectivity index (χ0n) is 16.3. The number of benzene rings is 2. The number of dihydropyridines is 1. The Morgan fingerprint density at radius 3 is 2.34 bits per heavy atom. The zero-order valence-corrected chi connectivity index (χ0v) is 16.3. The minimum Gasteiger partial charge on any atom is -0.349 e. The average Bonchev–Trinajstić information content (AvgIpc) is 3.11. The summed E-state index contributed by atoms with van der Waals surface area (Å²) < 4.78 is 69.5. The summed E-state index contributed by atoms with van der Waals surface area (Å²) in [7, 11) is 0. The topological polar surface area (TPSA) is 88.3 Å². The second kappa shape index (κ2) is 7.50. The number of H-pyrrole nitrogens is 1. The first-order valence-corrected chi connectivity index (χ1v) is 9.18. The van der Waals surface area contributed by atoms with E-state index in [1.807, 2.05) is 11.4 Å². The second-order valence-electron chi connectivity index (χ2n) is 7.11. The Morgan fingerprint density at radius 2 is 1.72 bits per heavy atom. The van der Waals surface area contributed by atoms with E-state index in [1.54, 1.807) is 19.1 Å². The third kappa shape index (κ3) is 3.36. The monoisotopic (exact) mass is 441 g/mol. The first-order valence-electron chi connectivity index (χ1n) is 9.18. The maximum Gasteiger partial charge on any atom is 0.432 e. The zero-order chi connectivity index (χ0) is 23.2. The van der Waals surface area contributed by atoms with Crippen molar-refractivity contribution in [1.29, 1.82) is 10.5 Å². The summed E-state index contributed by atoms with van der Waals surface area (Å²) in [5, 5.41) is 28.9. The number of aromatic amines is 1. The molecule has 1 aromatic heterocycles. The van der Waals surface area contributed by atoms with Gasteiger partial charge < -0.3 is 5.32 Å². The third-order valence-electron chi connectivity index (χ3n) is 5.19. The molecule has 160 valence electrons. The van der Waals surface area contributed by atoms with E-state index in [-0.39, 0.29) is 11.1 Å². The van der Waals surface area contributed by atoms with E-state index in [0.717, 1.165) is 12.1 Å². The van der Waals surface area contributed by atoms with Crippen molar-refractivity contribution in [2.75, 3.05) is 0 Å². The maximum atomic E-state index is 14.5. The molecule has 2 heterocycles. The standard InChI is InChI=1S/C22H12F5N5/c1-10-14-6-11(2-5-18(14)32-31-10)19-15(8-28)20(13-4-3-12(23)7-17(13)24)30-21(16(19)9-29)22(25,26)27/h2-7,19,30H,1H3,(H,31,32). The van der Waals surface area contributed by atoms with Crippen LogP contribution in [-0.2, 0) is 0 Å². The number of halogens is 5. The second-order valence-corrected chi connectivity index (χ2v) is 7.11. The molecule has 1 atom stereocenters. The van der Waals surface area contributed by atoms with Crippen LogP contribution in [0.4, 0.5) is 22.0 Å². The van der Waals surface area contributed by atoms with Gasteiger partial charge in [0.05, 0.1) is 40.4 Å². The third-order valence-corrected chi connectivity index (χ3v) is 5.19. The lowest BCUT2D eigenvalue weighted by Crippen LogP contribution is -2.33. The Kier molecular flexibility index (Phi) is 4.94. The van der Waals surface area contributed by atoms with E-state index < -0.39 is 46.3 Å². The predicted octanol–water partition coefficient (Wildman–Crippen LogP) is 5.11. The lowest BCUT2D eigenvalue weighted by atomic mass is 9.79. The molecule has 2 aromatic carbocycles. The summed E-state index contributed by atoms with van der Waals surface area (Å²) in [4.78, 5) is 0. The Morgan fingerprint density at radius 1 is 1.00 bits per heavy atom. The Hall–Kier alpha value is -4.18. The van der Waals surface area contributed by atoms with Crippen molar-refractivity contribution >= 4 is 16.6 Å². The molecule has 3 aromatic rings. The van der Waals surface area contributed by atoms with Crippen molar-refractivity contribution in [1.82, 2.24) is 15.5 Å². The lowest BCUT2D eigenvalue weighted by Gasteiger charge is -2.30. The van der Waals surface area contributed by atoms with Gasteiger partial charge in [-0.15, -0.1) is 0 Å². The highest BCUT2D eigenvalue weighted by molar-refractivity contribution is 5.84. The van der Waals surface area contributed by atoms with Crippen LogP contribution in [0, 0.1) is 41.2 Å². The van der Waals surface area contributed by atoms with E-state index in [9.17, 15) is 32.5 Å². The average molecular weight is 441 g/mol. The summed E-state index contributed by atoms with van der Waals surface area (Å²) in [6.45, 7) is 1.71. The van der Waals surface area contributed by atoms with Crippen LogP contribution in [-0.4, -0.2) is 16.4 Å². The van der Waals surface area contributed by atoms with Crippen LogP contribution in [0.25, 0.3) is 16.6 Å². The largest absolute Gasteiger partial charge is 0.432 e. The molecule has 32 heavy (non-hydrogen) atoms. The Bertz CT molecular complexity index is 1400. The molecule has 0 saturated heterocycles. The number of hydrogen-bond donors (Lipinski definition) is 2. The van der Waals surface area contributed by atoms with Crippen LogP contribution in [0.2, 0.25) is 0 Å². The number of hydrogen-bond acceptors (Lipinski definition) is 4. The molecule has 1 unspecified atom stereocenters. The van der Waals surface area contributed by atoms with E-state index in [2.05, 4.69) is 10.2 Å². The van der Waals surface area contributed by atoms with Gasteiger partial charge in [-0.3, -0.25) is 5.10 Å². The number of alkyl halides is 3. The van der Waals surface area contributed by atoms with Gasteiger partial charge in [0.1, 0.15) is 17.3 Å². The molecule has 0 fully saturated rings. The van der Waals surface area contributed by atoms with E-state index in [0.29, 0.717) is 22.7 Å². The van der Waals surface area contributed by atoms with E-state index >= 15 is 0 Å². The molecule has 1 aliphatic heterocycles. The fourth-order valence-corrected chi connectivity index (χ4v) is 3.73. The van der Waals surface area contributed by atoms with E-state index in [4.69, 9.17) is 0 Å². The van der Waals surface area contributed by atoms with Gasteiger partial charge in [0.2, 0.25) is 0 Å². The van der Waals surface area contributed by atoms with Gasteiger partial charge in [0, 0.05) is 22.7 Å². The fourth-order valence-electron chi connectivity index (χ4n) is 3.73. The maximum absolute atomic E-state index is 14.5. The molecule has 0 spiro atoms. The number of aromatic nitrogens is 2. The first kappa shape index (κ1) is 21.1. The predicted molar refractivity (Wildman–Crippen MR) is 104 cm³/mol. The molecule has 0 radical (unpaired) electrons. The molecule has 0 bridgehead atoms. The van der Waals surface area contributed by atoms with Gasteiger partial charge in [0.25, 0.3) is 0 Å². The molecule has 0 saturated carbocycles. The van der Waals surface area contributed by atoms with Gasteiger partial charge in [-0.05, 0) is 36.8 Å². The highest BCUT2D eigenvalue weighted by atomic mass is 19.4. The summed E-state index contributed by atoms with van der Waals surface area (Å²) in [5.74, 6) is -3.51. The highest BCUT2D eigenvalue weighted by Crippen LogP contribution is 2.44. The molecule has 5 nitrogen and oxygen atoms in total. The number of nitrogens with zero attached hydrogens (tertiary/aromatic N) is 3. The Balaban J connectivity index is 2.04. The lowest BCUT2D eigenvalue weighted by molar-refractivity contribution is -0.0962. The smallest absolute Gasteiger partial charge is 0.349 e. The van der Waals surface area contributed by atoms with Crippen molar-refractivity contribution in [3.63, 3.8) is 0 Å². The van der Waals surface area contributed by atoms with Crippen LogP contribution in [0.5, 0.6) is 0 Å². The van der Waals surface area contributed by atoms with Crippen molar-refractivity contribution in [2.45, 2.75) is 19.0 Å². The van der Waals surface area contributed by atoms with Crippen LogP contribution in [0.3, 0.4) is 0 Å². The molecule has 2 N–H and O–H groups in total. The number of nitrogens with one attached hydrogen (secondary N) is 2. The number of allylic oxidation sites excluding steroid dienone is 3. The van der Waals surface area contributed by atoms with Gasteiger partial charge in [-0.2, -0.15) is 28.8 Å². The van der Waals surface area contributed by atoms with Crippen molar-refractivity contribution in [3.05, 3.63) is 81.7 Å². The molecule has 10 heteroatoms. The first-order chi connectivity index (χ1) is 15.2. The molecular weight excluding hydrogens is 429 g/mol. The normalized spacial score (nSPS) is 16.7. The number of aryl methyl sites for hydroxylation is 1. The van der Waals surface area contributed by atoms with Crippen LogP contribution < -0.4 is 5.32 Å². The van der Waals surface area contributed by atoms with Crippen LogP contribution in [0.15, 0.2) is 53.2 Å². The van der Waals surface area contributed by atoms with Gasteiger partial charge >= 0.3 is 6.18 Å². The Labute approximate surface area is 178 Å². The van der Waals surface area contributed by atoms with Gasteiger partial charge in [0.15, 0.2) is 0 Å². The minimum atomic E-state index is -5.00. The van der Waals surface area contributed by atoms with Crippen molar-refractivity contribution < 1.29 is 22.0 Å². The SMILES string of the molecule is Cc1[nH]nc2ccc(C3C(C#N)=C(c4ccc(F)cc4F)NC(C(F)(F)F)=C3C#N)cc12. The van der Waals surface area contributed by atoms with Crippen molar-refractivity contribution in [2.24, 2.45) is 0 Å². The number of nitriles is 2. The molecule has 0 amide bonds. The summed E-state index contributed by atoms with van der Waals surface area (Å²) >= 11 is 0. The minimum absolute atomic E-state index is 0.221. The highest BCUT2D eigenvalue weighted by Gasteiger charge is 2.44. The van der Waals surface area contributed by atoms with Crippen molar-refractivity contribution in [3.8, 4) is 12.1 Å². The molecule has 1 aliphatic rings.